The molecular formula is C33H31NO13. The lowest BCUT2D eigenvalue weighted by Crippen LogP contribution is -2.63. The number of carbonyl (C=O) groups excluding carboxylic acids is 4. The summed E-state index contributed by atoms with van der Waals surface area (Å²) in [5.41, 5.74) is 2.21. The van der Waals surface area contributed by atoms with Gasteiger partial charge in [-0.15, -0.1) is 0 Å². The fourth-order valence-electron chi connectivity index (χ4n) is 4.92. The van der Waals surface area contributed by atoms with Crippen LogP contribution >= 0.6 is 0 Å². The van der Waals surface area contributed by atoms with Gasteiger partial charge in [0.05, 0.1) is 0 Å². The average molecular weight is 650 g/mol. The summed E-state index contributed by atoms with van der Waals surface area (Å²) in [5, 5.41) is 0. The van der Waals surface area contributed by atoms with Crippen molar-refractivity contribution < 1.29 is 56.8 Å². The molecule has 0 saturated carbocycles. The first kappa shape index (κ1) is 32.9. The van der Waals surface area contributed by atoms with Crippen LogP contribution in [0.1, 0.15) is 33.3 Å². The summed E-state index contributed by atoms with van der Waals surface area (Å²) >= 11 is 0. The highest BCUT2D eigenvalue weighted by Gasteiger charge is 2.53. The number of benzene rings is 3. The van der Waals surface area contributed by atoms with Crippen LogP contribution in [0.3, 0.4) is 0 Å². The topological polar surface area (TPSA) is 176 Å². The SMILES string of the molecule is CC(=O)OC[C@H]1O[C@@H](Oc2ccc(COc3ccc4nc5ccc(=O)cc-5oc4c3)cc2)[C@H](OC(C)=O)[C@@H](OC(C)=O)[C@H]1OC(C)=O. The van der Waals surface area contributed by atoms with Crippen LogP contribution in [0.25, 0.3) is 22.6 Å². The molecule has 2 heterocycles. The van der Waals surface area contributed by atoms with E-state index in [1.54, 1.807) is 48.5 Å². The zero-order valence-electron chi connectivity index (χ0n) is 25.8. The van der Waals surface area contributed by atoms with Gasteiger partial charge in [-0.3, -0.25) is 24.0 Å². The van der Waals surface area contributed by atoms with E-state index in [0.717, 1.165) is 26.3 Å². The lowest BCUT2D eigenvalue weighted by molar-refractivity contribution is -0.288. The smallest absolute Gasteiger partial charge is 0.303 e. The van der Waals surface area contributed by atoms with Gasteiger partial charge in [-0.2, -0.15) is 0 Å². The van der Waals surface area contributed by atoms with Gasteiger partial charge in [0.15, 0.2) is 29.0 Å². The fraction of sp³-hybridized carbons (Fsp3) is 0.333. The Hall–Kier alpha value is -5.50. The summed E-state index contributed by atoms with van der Waals surface area (Å²) in [6.45, 7) is 4.41. The summed E-state index contributed by atoms with van der Waals surface area (Å²) in [4.78, 5) is 63.8. The molecule has 2 aromatic carbocycles. The zero-order valence-corrected chi connectivity index (χ0v) is 25.8. The quantitative estimate of drug-likeness (QED) is 0.139. The summed E-state index contributed by atoms with van der Waals surface area (Å²) in [6, 6.07) is 16.3. The van der Waals surface area contributed by atoms with Crippen LogP contribution in [-0.2, 0) is 49.5 Å². The number of fused-ring (bicyclic) bond motifs is 2. The van der Waals surface area contributed by atoms with Crippen molar-refractivity contribution in [2.75, 3.05) is 6.61 Å². The second-order valence-corrected chi connectivity index (χ2v) is 10.6. The Morgan fingerprint density at radius 2 is 1.40 bits per heavy atom. The first-order valence-electron chi connectivity index (χ1n) is 14.5. The number of carbonyl (C=O) groups is 4. The minimum absolute atomic E-state index is 0.177. The lowest BCUT2D eigenvalue weighted by Gasteiger charge is -2.43. The Morgan fingerprint density at radius 3 is 2.09 bits per heavy atom. The third kappa shape index (κ3) is 8.41. The molecule has 2 aromatic rings. The van der Waals surface area contributed by atoms with E-state index < -0.39 is 54.6 Å². The van der Waals surface area contributed by atoms with Gasteiger partial charge < -0.3 is 37.6 Å². The van der Waals surface area contributed by atoms with Crippen LogP contribution in [0.15, 0.2) is 69.9 Å². The van der Waals surface area contributed by atoms with Crippen molar-refractivity contribution in [2.24, 2.45) is 0 Å². The molecule has 246 valence electrons. The number of hydrogen-bond donors (Lipinski definition) is 0. The van der Waals surface area contributed by atoms with Crippen molar-refractivity contribution >= 4 is 35.0 Å². The molecule has 3 aliphatic rings. The molecule has 0 bridgehead atoms. The Morgan fingerprint density at radius 1 is 0.745 bits per heavy atom. The molecule has 0 aromatic heterocycles. The molecule has 1 aliphatic carbocycles. The van der Waals surface area contributed by atoms with Crippen molar-refractivity contribution in [3.63, 3.8) is 0 Å². The number of nitrogens with zero attached hydrogens (tertiary/aromatic N) is 1. The molecule has 14 heteroatoms. The van der Waals surface area contributed by atoms with Crippen molar-refractivity contribution in [2.45, 2.75) is 65.0 Å². The van der Waals surface area contributed by atoms with Crippen LogP contribution in [0.2, 0.25) is 0 Å². The number of rotatable bonds is 10. The average Bonchev–Trinajstić information content (AvgIpc) is 3.01. The molecular weight excluding hydrogens is 618 g/mol. The lowest BCUT2D eigenvalue weighted by atomic mass is 9.98. The van der Waals surface area contributed by atoms with Crippen molar-refractivity contribution in [3.05, 3.63) is 76.5 Å². The second kappa shape index (κ2) is 14.3. The zero-order chi connectivity index (χ0) is 33.7. The maximum Gasteiger partial charge on any atom is 0.303 e. The number of hydrogen-bond acceptors (Lipinski definition) is 14. The van der Waals surface area contributed by atoms with Gasteiger partial charge in [-0.1, -0.05) is 12.1 Å². The first-order chi connectivity index (χ1) is 22.4. The van der Waals surface area contributed by atoms with E-state index in [4.69, 9.17) is 37.6 Å². The highest BCUT2D eigenvalue weighted by molar-refractivity contribution is 5.77. The van der Waals surface area contributed by atoms with Crippen molar-refractivity contribution in [3.8, 4) is 23.0 Å². The van der Waals surface area contributed by atoms with E-state index in [0.29, 0.717) is 28.3 Å². The van der Waals surface area contributed by atoms with Crippen molar-refractivity contribution in [1.82, 2.24) is 4.98 Å². The predicted octanol–water partition coefficient (Wildman–Crippen LogP) is 3.33. The van der Waals surface area contributed by atoms with E-state index in [1.807, 2.05) is 0 Å². The highest BCUT2D eigenvalue weighted by Crippen LogP contribution is 2.31. The van der Waals surface area contributed by atoms with Gasteiger partial charge in [0.1, 0.15) is 42.0 Å². The molecule has 0 spiro atoms. The molecule has 47 heavy (non-hydrogen) atoms. The normalized spacial score (nSPS) is 20.6. The van der Waals surface area contributed by atoms with Crippen LogP contribution < -0.4 is 14.9 Å². The molecule has 1 fully saturated rings. The molecule has 1 saturated heterocycles. The third-order valence-corrected chi connectivity index (χ3v) is 6.85. The molecule has 14 nitrogen and oxygen atoms in total. The minimum Gasteiger partial charge on any atom is -0.489 e. The van der Waals surface area contributed by atoms with Crippen molar-refractivity contribution in [1.29, 1.82) is 0 Å². The Labute approximate surface area is 267 Å². The third-order valence-electron chi connectivity index (χ3n) is 6.85. The van der Waals surface area contributed by atoms with E-state index in [9.17, 15) is 24.0 Å². The Balaban J connectivity index is 1.32. The second-order valence-electron chi connectivity index (χ2n) is 10.6. The molecule has 0 radical (unpaired) electrons. The first-order valence-corrected chi connectivity index (χ1v) is 14.5. The fourth-order valence-corrected chi connectivity index (χ4v) is 4.92. The largest absolute Gasteiger partial charge is 0.489 e. The van der Waals surface area contributed by atoms with Gasteiger partial charge >= 0.3 is 23.9 Å². The van der Waals surface area contributed by atoms with Crippen LogP contribution in [-0.4, -0.2) is 66.2 Å². The molecule has 0 N–H and O–H groups in total. The van der Waals surface area contributed by atoms with Gasteiger partial charge in [-0.25, -0.2) is 4.98 Å². The van der Waals surface area contributed by atoms with E-state index in [-0.39, 0.29) is 24.4 Å². The highest BCUT2D eigenvalue weighted by atomic mass is 16.7. The summed E-state index contributed by atoms with van der Waals surface area (Å²) < 4.78 is 45.1. The van der Waals surface area contributed by atoms with Gasteiger partial charge in [-0.05, 0) is 42.0 Å². The maximum absolute atomic E-state index is 12.1. The number of ether oxygens (including phenoxy) is 7. The molecule has 2 aliphatic heterocycles. The Bertz CT molecular complexity index is 1800. The monoisotopic (exact) mass is 649 g/mol. The standard InChI is InChI=1S/C33H31NO13/c1-17(35)40-16-29-30(42-18(2)36)31(43-19(3)37)32(44-20(4)38)33(47-29)45-23-8-5-21(6-9-23)15-41-24-10-12-26-28(14-24)46-27-13-22(39)7-11-25(27)34-26/h5-14,29-33H,15-16H2,1-4H3/t29-,30+,31+,32-,33-/m1/s1. The van der Waals surface area contributed by atoms with E-state index >= 15 is 0 Å². The van der Waals surface area contributed by atoms with Crippen LogP contribution in [0.4, 0.5) is 0 Å². The Kier molecular flexibility index (Phi) is 10.00. The number of aromatic nitrogens is 1. The molecule has 0 unspecified atom stereocenters. The molecule has 5 rings (SSSR count). The van der Waals surface area contributed by atoms with E-state index in [2.05, 4.69) is 4.98 Å². The van der Waals surface area contributed by atoms with Crippen LogP contribution in [0, 0.1) is 0 Å². The van der Waals surface area contributed by atoms with Gasteiger partial charge in [0.2, 0.25) is 12.4 Å². The van der Waals surface area contributed by atoms with Gasteiger partial charge in [0.25, 0.3) is 0 Å². The van der Waals surface area contributed by atoms with E-state index in [1.165, 1.54) is 19.1 Å². The van der Waals surface area contributed by atoms with Crippen LogP contribution in [0.5, 0.6) is 11.5 Å². The summed E-state index contributed by atoms with van der Waals surface area (Å²) in [7, 11) is 0. The maximum atomic E-state index is 12.1. The minimum atomic E-state index is -1.36. The molecule has 5 atom stereocenters. The van der Waals surface area contributed by atoms with Gasteiger partial charge in [0, 0.05) is 39.8 Å². The number of esters is 4. The molecule has 0 amide bonds. The summed E-state index contributed by atoms with van der Waals surface area (Å²) in [6.07, 6.45) is -6.50. The predicted molar refractivity (Wildman–Crippen MR) is 160 cm³/mol. The summed E-state index contributed by atoms with van der Waals surface area (Å²) in [5.74, 6) is -1.68.